The Hall–Kier alpha value is -0.910. The van der Waals surface area contributed by atoms with E-state index in [1.54, 1.807) is 23.9 Å². The molecule has 0 radical (unpaired) electrons. The number of hydrogen-bond acceptors (Lipinski definition) is 3. The van der Waals surface area contributed by atoms with Crippen molar-refractivity contribution in [3.63, 3.8) is 0 Å². The predicted octanol–water partition coefficient (Wildman–Crippen LogP) is 5.90. The Morgan fingerprint density at radius 2 is 1.87 bits per heavy atom. The molecule has 0 saturated carbocycles. The maximum atomic E-state index is 13.3. The van der Waals surface area contributed by atoms with Crippen molar-refractivity contribution in [3.05, 3.63) is 63.1 Å². The molecule has 1 atom stereocenters. The summed E-state index contributed by atoms with van der Waals surface area (Å²) in [5.41, 5.74) is 3.65. The zero-order chi connectivity index (χ0) is 20.4. The number of hydrogen-bond donors (Lipinski definition) is 0. The predicted molar refractivity (Wildman–Crippen MR) is 129 cm³/mol. The van der Waals surface area contributed by atoms with E-state index in [4.69, 9.17) is 23.2 Å². The van der Waals surface area contributed by atoms with Crippen LogP contribution in [0.3, 0.4) is 0 Å². The van der Waals surface area contributed by atoms with Crippen molar-refractivity contribution in [3.8, 4) is 0 Å². The van der Waals surface area contributed by atoms with Crippen LogP contribution >= 0.6 is 47.4 Å². The topological polar surface area (TPSA) is 23.6 Å². The molecule has 0 aromatic heterocycles. The van der Waals surface area contributed by atoms with Crippen molar-refractivity contribution < 1.29 is 4.79 Å². The summed E-state index contributed by atoms with van der Waals surface area (Å²) in [4.78, 5) is 19.3. The van der Waals surface area contributed by atoms with Crippen LogP contribution in [-0.2, 0) is 17.6 Å². The highest BCUT2D eigenvalue weighted by Gasteiger charge is 2.33. The number of rotatable bonds is 5. The number of benzene rings is 2. The number of halogens is 3. The summed E-state index contributed by atoms with van der Waals surface area (Å²) in [6, 6.07) is 12.1. The lowest BCUT2D eigenvalue weighted by Gasteiger charge is -2.40. The van der Waals surface area contributed by atoms with Gasteiger partial charge in [0.05, 0.1) is 22.5 Å². The van der Waals surface area contributed by atoms with Crippen LogP contribution in [0.25, 0.3) is 0 Å². The quantitative estimate of drug-likeness (QED) is 0.492. The molecule has 2 heterocycles. The number of nitrogens with zero attached hydrogens (tertiary/aromatic N) is 2. The maximum absolute atomic E-state index is 13.3. The van der Waals surface area contributed by atoms with Gasteiger partial charge in [-0.25, -0.2) is 0 Å². The third-order valence-electron chi connectivity index (χ3n) is 6.02. The lowest BCUT2D eigenvalue weighted by atomic mass is 9.91. The largest absolute Gasteiger partial charge is 0.334 e. The van der Waals surface area contributed by atoms with Gasteiger partial charge in [0.2, 0.25) is 5.91 Å². The molecule has 0 aliphatic carbocycles. The van der Waals surface area contributed by atoms with E-state index in [1.807, 2.05) is 6.07 Å². The van der Waals surface area contributed by atoms with Crippen LogP contribution in [0.2, 0.25) is 10.0 Å². The molecule has 1 saturated heterocycles. The Morgan fingerprint density at radius 3 is 2.57 bits per heavy atom. The number of fused-ring (bicyclic) bond motifs is 1. The molecule has 2 aliphatic rings. The van der Waals surface area contributed by atoms with Crippen LogP contribution in [0.1, 0.15) is 35.6 Å². The molecule has 2 aromatic carbocycles. The molecule has 1 unspecified atom stereocenters. The number of amides is 1. The van der Waals surface area contributed by atoms with Crippen molar-refractivity contribution >= 4 is 53.3 Å². The van der Waals surface area contributed by atoms with Crippen molar-refractivity contribution in [1.29, 1.82) is 0 Å². The maximum Gasteiger partial charge on any atom is 0.227 e. The van der Waals surface area contributed by atoms with Crippen LogP contribution in [0.4, 0.5) is 0 Å². The summed E-state index contributed by atoms with van der Waals surface area (Å²) in [5, 5.41) is 1.02. The number of carbonyl (C=O) groups excluding carboxylic acids is 1. The van der Waals surface area contributed by atoms with Gasteiger partial charge in [-0.3, -0.25) is 4.79 Å². The first-order valence-corrected chi connectivity index (χ1v) is 12.2. The molecule has 1 fully saturated rings. The summed E-state index contributed by atoms with van der Waals surface area (Å²) in [7, 11) is 0. The molecular weight excluding hydrogens is 459 g/mol. The van der Waals surface area contributed by atoms with Gasteiger partial charge in [-0.05, 0) is 73.5 Å². The normalized spacial score (nSPS) is 18.8. The van der Waals surface area contributed by atoms with Crippen molar-refractivity contribution in [1.82, 2.24) is 9.80 Å². The molecule has 7 heteroatoms. The third kappa shape index (κ3) is 5.11. The van der Waals surface area contributed by atoms with E-state index >= 15 is 0 Å². The monoisotopic (exact) mass is 484 g/mol. The van der Waals surface area contributed by atoms with Crippen LogP contribution in [0, 0.1) is 0 Å². The van der Waals surface area contributed by atoms with Gasteiger partial charge in [-0.2, -0.15) is 0 Å². The summed E-state index contributed by atoms with van der Waals surface area (Å²) in [6.07, 6.45) is 5.90. The number of likely N-dealkylation sites (tertiary alicyclic amines) is 1. The fourth-order valence-corrected chi connectivity index (χ4v) is 5.54. The van der Waals surface area contributed by atoms with Gasteiger partial charge in [0, 0.05) is 18.0 Å². The second-order valence-electron chi connectivity index (χ2n) is 7.81. The number of thioether (sulfide) groups is 1. The lowest BCUT2D eigenvalue weighted by molar-refractivity contribution is -0.133. The first-order chi connectivity index (χ1) is 14.1. The van der Waals surface area contributed by atoms with E-state index in [0.29, 0.717) is 16.5 Å². The van der Waals surface area contributed by atoms with Crippen LogP contribution in [-0.4, -0.2) is 48.1 Å². The van der Waals surface area contributed by atoms with E-state index in [-0.39, 0.29) is 24.4 Å². The average molecular weight is 486 g/mol. The molecule has 0 bridgehead atoms. The fraction of sp³-hybridized carbons (Fsp3) is 0.435. The Bertz CT molecular complexity index is 902. The van der Waals surface area contributed by atoms with Gasteiger partial charge in [-0.15, -0.1) is 24.2 Å². The zero-order valence-electron chi connectivity index (χ0n) is 17.1. The molecule has 0 N–H and O–H groups in total. The van der Waals surface area contributed by atoms with Crippen LogP contribution in [0.15, 0.2) is 41.3 Å². The molecule has 4 rings (SSSR count). The SMILES string of the molecule is CSc1cccc2c1CCN(C(=O)Cc1ccc(Cl)c(Cl)c1)C2CN1CCCC1.Cl. The smallest absolute Gasteiger partial charge is 0.227 e. The summed E-state index contributed by atoms with van der Waals surface area (Å²) in [5.74, 6) is 0.160. The minimum atomic E-state index is 0. The molecule has 162 valence electrons. The van der Waals surface area contributed by atoms with E-state index in [1.165, 1.54) is 28.9 Å². The molecule has 30 heavy (non-hydrogen) atoms. The van der Waals surface area contributed by atoms with Crippen LogP contribution in [0.5, 0.6) is 0 Å². The van der Waals surface area contributed by atoms with Gasteiger partial charge in [-0.1, -0.05) is 41.4 Å². The summed E-state index contributed by atoms with van der Waals surface area (Å²) < 4.78 is 0. The summed E-state index contributed by atoms with van der Waals surface area (Å²) in [6.45, 7) is 3.94. The van der Waals surface area contributed by atoms with Gasteiger partial charge in [0.1, 0.15) is 0 Å². The molecule has 2 aromatic rings. The first kappa shape index (κ1) is 23.7. The fourth-order valence-electron chi connectivity index (χ4n) is 4.54. The first-order valence-electron chi connectivity index (χ1n) is 10.2. The minimum absolute atomic E-state index is 0. The highest BCUT2D eigenvalue weighted by atomic mass is 35.5. The molecule has 2 aliphatic heterocycles. The highest BCUT2D eigenvalue weighted by molar-refractivity contribution is 7.98. The Kier molecular flexibility index (Phi) is 8.39. The van der Waals surface area contributed by atoms with E-state index < -0.39 is 0 Å². The Balaban J connectivity index is 0.00000256. The molecule has 3 nitrogen and oxygen atoms in total. The lowest BCUT2D eigenvalue weighted by Crippen LogP contribution is -2.45. The van der Waals surface area contributed by atoms with Crippen molar-refractivity contribution in [2.75, 3.05) is 32.4 Å². The second-order valence-corrected chi connectivity index (χ2v) is 9.48. The second kappa shape index (κ2) is 10.6. The molecule has 0 spiro atoms. The minimum Gasteiger partial charge on any atom is -0.334 e. The molecular formula is C23H27Cl3N2OS. The standard InChI is InChI=1S/C23H26Cl2N2OS.ClH/c1-29-22-6-4-5-17-18(22)9-12-27(21(17)15-26-10-2-3-11-26)23(28)14-16-7-8-19(24)20(25)13-16;/h4-8,13,21H,2-3,9-12,14-15H2,1H3;1H. The summed E-state index contributed by atoms with van der Waals surface area (Å²) >= 11 is 14.0. The highest BCUT2D eigenvalue weighted by Crippen LogP contribution is 2.36. The Morgan fingerprint density at radius 1 is 1.10 bits per heavy atom. The third-order valence-corrected chi connectivity index (χ3v) is 7.58. The molecule has 1 amide bonds. The van der Waals surface area contributed by atoms with Gasteiger partial charge < -0.3 is 9.80 Å². The van der Waals surface area contributed by atoms with E-state index in [9.17, 15) is 4.79 Å². The van der Waals surface area contributed by atoms with Gasteiger partial charge >= 0.3 is 0 Å². The van der Waals surface area contributed by atoms with Crippen molar-refractivity contribution in [2.45, 2.75) is 36.6 Å². The Labute approximate surface area is 199 Å². The van der Waals surface area contributed by atoms with Crippen LogP contribution < -0.4 is 0 Å². The van der Waals surface area contributed by atoms with E-state index in [0.717, 1.165) is 38.2 Å². The van der Waals surface area contributed by atoms with Gasteiger partial charge in [0.25, 0.3) is 0 Å². The van der Waals surface area contributed by atoms with Gasteiger partial charge in [0.15, 0.2) is 0 Å². The van der Waals surface area contributed by atoms with E-state index in [2.05, 4.69) is 34.3 Å². The number of carbonyl (C=O) groups is 1. The average Bonchev–Trinajstić information content (AvgIpc) is 3.23. The van der Waals surface area contributed by atoms with Crippen molar-refractivity contribution in [2.24, 2.45) is 0 Å². The zero-order valence-corrected chi connectivity index (χ0v) is 20.2.